The smallest absolute Gasteiger partial charge is 0.336 e. The van der Waals surface area contributed by atoms with Crippen LogP contribution in [0.25, 0.3) is 10.8 Å². The van der Waals surface area contributed by atoms with Crippen molar-refractivity contribution in [3.8, 4) is 0 Å². The fourth-order valence-corrected chi connectivity index (χ4v) is 1.41. The summed E-state index contributed by atoms with van der Waals surface area (Å²) >= 11 is 0. The number of carbonyl (C=O) groups is 2. The van der Waals surface area contributed by atoms with E-state index in [1.54, 1.807) is 12.1 Å². The zero-order valence-corrected chi connectivity index (χ0v) is 9.54. The molecule has 0 aliphatic heterocycles. The van der Waals surface area contributed by atoms with Crippen LogP contribution >= 0.6 is 0 Å². The number of hydrogen-bond donors (Lipinski definition) is 2. The first-order chi connectivity index (χ1) is 8.56. The van der Waals surface area contributed by atoms with Crippen molar-refractivity contribution >= 4 is 22.7 Å². The Labute approximate surface area is 104 Å². The zero-order chi connectivity index (χ0) is 13.5. The molecule has 18 heavy (non-hydrogen) atoms. The minimum absolute atomic E-state index is 0.359. The van der Waals surface area contributed by atoms with E-state index in [1.165, 1.54) is 0 Å². The van der Waals surface area contributed by atoms with Crippen LogP contribution in [0, 0.1) is 0 Å². The number of fused-ring (bicyclic) bond motifs is 1. The summed E-state index contributed by atoms with van der Waals surface area (Å²) in [4.78, 5) is 20.1. The second-order valence-corrected chi connectivity index (χ2v) is 3.37. The number of aliphatic carboxylic acids is 1. The highest BCUT2D eigenvalue weighted by atomic mass is 16.4. The molecule has 0 unspecified atom stereocenters. The molecule has 2 aromatic carbocycles. The Hall–Kier alpha value is -2.62. The van der Waals surface area contributed by atoms with Crippen LogP contribution in [0.1, 0.15) is 10.4 Å². The average Bonchev–Trinajstić information content (AvgIpc) is 2.38. The van der Waals surface area contributed by atoms with Crippen molar-refractivity contribution in [1.82, 2.24) is 0 Å². The number of aromatic carboxylic acids is 1. The van der Waals surface area contributed by atoms with Gasteiger partial charge in [-0.2, -0.15) is 0 Å². The molecule has 0 amide bonds. The van der Waals surface area contributed by atoms with Crippen LogP contribution in [0.3, 0.4) is 0 Å². The molecule has 0 bridgehead atoms. The highest BCUT2D eigenvalue weighted by molar-refractivity contribution is 6.03. The first-order valence-electron chi connectivity index (χ1n) is 5.12. The van der Waals surface area contributed by atoms with Crippen molar-refractivity contribution in [1.29, 1.82) is 0 Å². The fourth-order valence-electron chi connectivity index (χ4n) is 1.41. The molecule has 0 aliphatic rings. The van der Waals surface area contributed by atoms with Crippen molar-refractivity contribution < 1.29 is 19.8 Å². The Bertz CT molecular complexity index is 582. The number of carboxylic acid groups (broad SMARTS) is 2. The number of carboxylic acids is 2. The summed E-state index contributed by atoms with van der Waals surface area (Å²) in [6, 6.07) is 12.7. The van der Waals surface area contributed by atoms with Gasteiger partial charge < -0.3 is 10.2 Å². The molecule has 4 heteroatoms. The maximum absolute atomic E-state index is 10.8. The average molecular weight is 244 g/mol. The van der Waals surface area contributed by atoms with Gasteiger partial charge in [-0.15, -0.1) is 0 Å². The van der Waals surface area contributed by atoms with E-state index in [0.717, 1.165) is 16.8 Å². The Morgan fingerprint density at radius 3 is 2.11 bits per heavy atom. The zero-order valence-electron chi connectivity index (χ0n) is 9.54. The van der Waals surface area contributed by atoms with Gasteiger partial charge in [-0.3, -0.25) is 0 Å². The van der Waals surface area contributed by atoms with Gasteiger partial charge in [0.25, 0.3) is 0 Å². The van der Waals surface area contributed by atoms with Gasteiger partial charge in [-0.1, -0.05) is 43.0 Å². The third kappa shape index (κ3) is 3.45. The van der Waals surface area contributed by atoms with Crippen LogP contribution in [0.4, 0.5) is 0 Å². The van der Waals surface area contributed by atoms with E-state index < -0.39 is 11.9 Å². The molecule has 2 N–H and O–H groups in total. The lowest BCUT2D eigenvalue weighted by atomic mass is 10.1. The topological polar surface area (TPSA) is 74.6 Å². The number of rotatable bonds is 2. The summed E-state index contributed by atoms with van der Waals surface area (Å²) in [6.45, 7) is 2.96. The molecule has 0 aliphatic carbocycles. The predicted molar refractivity (Wildman–Crippen MR) is 68.7 cm³/mol. The molecule has 0 heterocycles. The van der Waals surface area contributed by atoms with E-state index in [4.69, 9.17) is 10.2 Å². The van der Waals surface area contributed by atoms with Crippen molar-refractivity contribution in [3.63, 3.8) is 0 Å². The van der Waals surface area contributed by atoms with Gasteiger partial charge in [0, 0.05) is 6.08 Å². The largest absolute Gasteiger partial charge is 0.478 e. The second-order valence-electron chi connectivity index (χ2n) is 3.37. The molecule has 2 rings (SSSR count). The Balaban J connectivity index is 0.000000280. The van der Waals surface area contributed by atoms with Crippen LogP contribution in [-0.4, -0.2) is 22.2 Å². The third-order valence-electron chi connectivity index (χ3n) is 2.19. The molecule has 0 saturated heterocycles. The van der Waals surface area contributed by atoms with Gasteiger partial charge in [0.15, 0.2) is 0 Å². The number of hydrogen-bond acceptors (Lipinski definition) is 2. The number of benzene rings is 2. The molecule has 0 radical (unpaired) electrons. The third-order valence-corrected chi connectivity index (χ3v) is 2.19. The van der Waals surface area contributed by atoms with E-state index in [9.17, 15) is 9.59 Å². The van der Waals surface area contributed by atoms with Gasteiger partial charge in [0.05, 0.1) is 5.56 Å². The van der Waals surface area contributed by atoms with E-state index in [-0.39, 0.29) is 0 Å². The molecule has 2 aromatic rings. The highest BCUT2D eigenvalue weighted by Crippen LogP contribution is 2.17. The Kier molecular flexibility index (Phi) is 4.63. The molecular weight excluding hydrogens is 232 g/mol. The van der Waals surface area contributed by atoms with Crippen LogP contribution in [0.5, 0.6) is 0 Å². The van der Waals surface area contributed by atoms with Crippen LogP contribution in [0.2, 0.25) is 0 Å². The fraction of sp³-hybridized carbons (Fsp3) is 0. The lowest BCUT2D eigenvalue weighted by Crippen LogP contribution is -1.96. The summed E-state index contributed by atoms with van der Waals surface area (Å²) in [5.74, 6) is -1.86. The van der Waals surface area contributed by atoms with Gasteiger partial charge >= 0.3 is 11.9 Å². The Morgan fingerprint density at radius 1 is 1.00 bits per heavy atom. The molecule has 0 saturated carbocycles. The monoisotopic (exact) mass is 244 g/mol. The van der Waals surface area contributed by atoms with Crippen LogP contribution in [0.15, 0.2) is 55.1 Å². The highest BCUT2D eigenvalue weighted by Gasteiger charge is 2.05. The molecule has 4 nitrogen and oxygen atoms in total. The van der Waals surface area contributed by atoms with E-state index in [1.807, 2.05) is 30.3 Å². The van der Waals surface area contributed by atoms with Crippen molar-refractivity contribution in [2.75, 3.05) is 0 Å². The summed E-state index contributed by atoms with van der Waals surface area (Å²) in [7, 11) is 0. The molecule has 92 valence electrons. The summed E-state index contributed by atoms with van der Waals surface area (Å²) in [5, 5.41) is 18.2. The van der Waals surface area contributed by atoms with E-state index >= 15 is 0 Å². The summed E-state index contributed by atoms with van der Waals surface area (Å²) < 4.78 is 0. The normalized spacial score (nSPS) is 9.11. The summed E-state index contributed by atoms with van der Waals surface area (Å²) in [5.41, 5.74) is 0.359. The second kappa shape index (κ2) is 6.20. The molecule has 0 fully saturated rings. The van der Waals surface area contributed by atoms with E-state index in [0.29, 0.717) is 5.56 Å². The van der Waals surface area contributed by atoms with Gasteiger partial charge in [-0.25, -0.2) is 9.59 Å². The van der Waals surface area contributed by atoms with Crippen molar-refractivity contribution in [2.45, 2.75) is 0 Å². The maximum Gasteiger partial charge on any atom is 0.336 e. The van der Waals surface area contributed by atoms with Crippen molar-refractivity contribution in [2.24, 2.45) is 0 Å². The molecule has 0 atom stereocenters. The standard InChI is InChI=1S/C11H8O2.C3H4O2/c12-11(13)10-7-3-5-8-4-1-2-6-9(8)10;1-2-3(4)5/h1-7H,(H,12,13);2H,1H2,(H,4,5). The lowest BCUT2D eigenvalue weighted by Gasteiger charge is -2.00. The minimum Gasteiger partial charge on any atom is -0.478 e. The van der Waals surface area contributed by atoms with Crippen molar-refractivity contribution in [3.05, 3.63) is 60.7 Å². The van der Waals surface area contributed by atoms with Gasteiger partial charge in [0.2, 0.25) is 0 Å². The van der Waals surface area contributed by atoms with Gasteiger partial charge in [-0.05, 0) is 16.8 Å². The molecule has 0 spiro atoms. The maximum atomic E-state index is 10.8. The summed E-state index contributed by atoms with van der Waals surface area (Å²) in [6.07, 6.45) is 0.833. The SMILES string of the molecule is C=CC(=O)O.O=C(O)c1cccc2ccccc12. The minimum atomic E-state index is -0.981. The molecular formula is C14H12O4. The Morgan fingerprint density at radius 2 is 1.56 bits per heavy atom. The van der Waals surface area contributed by atoms with Crippen LogP contribution < -0.4 is 0 Å². The first-order valence-corrected chi connectivity index (χ1v) is 5.12. The van der Waals surface area contributed by atoms with E-state index in [2.05, 4.69) is 6.58 Å². The lowest BCUT2D eigenvalue weighted by molar-refractivity contribution is -0.131. The van der Waals surface area contributed by atoms with Gasteiger partial charge in [0.1, 0.15) is 0 Å². The molecule has 0 aromatic heterocycles. The predicted octanol–water partition coefficient (Wildman–Crippen LogP) is 2.80. The quantitative estimate of drug-likeness (QED) is 0.796. The first kappa shape index (κ1) is 13.4. The van der Waals surface area contributed by atoms with Crippen LogP contribution in [-0.2, 0) is 4.79 Å².